The Labute approximate surface area is 116 Å². The van der Waals surface area contributed by atoms with Crippen LogP contribution in [0.4, 0.5) is 0 Å². The Hall–Kier alpha value is 1.09. The predicted molar refractivity (Wildman–Crippen MR) is 58.6 cm³/mol. The Balaban J connectivity index is -0.000000177. The van der Waals surface area contributed by atoms with Crippen LogP contribution in [0.15, 0.2) is 0 Å². The zero-order valence-corrected chi connectivity index (χ0v) is 9.04. The van der Waals surface area contributed by atoms with Crippen molar-refractivity contribution >= 4 is 47.9 Å². The van der Waals surface area contributed by atoms with Gasteiger partial charge in [0.05, 0.1) is 0 Å². The molecule has 0 aliphatic carbocycles. The first kappa shape index (κ1) is 20.5. The van der Waals surface area contributed by atoms with E-state index in [1.54, 1.807) is 0 Å². The quantitative estimate of drug-likeness (QED) is 0.534. The fourth-order valence-electron chi connectivity index (χ4n) is 0.415. The molecular formula is C7H20CaO5S. The summed E-state index contributed by atoms with van der Waals surface area (Å²) in [4.78, 5) is 0. The SMILES string of the molecule is CCC(O)S(=O)(=O)O.CCOCC.[CaH2]. The average Bonchev–Trinajstić information content (AvgIpc) is 2.04. The van der Waals surface area contributed by atoms with Gasteiger partial charge in [0.15, 0.2) is 5.44 Å². The summed E-state index contributed by atoms with van der Waals surface area (Å²) in [5.41, 5.74) is -1.62. The molecule has 0 rings (SSSR count). The van der Waals surface area contributed by atoms with Gasteiger partial charge >= 0.3 is 37.7 Å². The number of ether oxygens (including phenoxy) is 1. The summed E-state index contributed by atoms with van der Waals surface area (Å²) >= 11 is 0. The topological polar surface area (TPSA) is 83.8 Å². The molecule has 2 N–H and O–H groups in total. The maximum atomic E-state index is 9.87. The molecule has 0 fully saturated rings. The van der Waals surface area contributed by atoms with E-state index in [4.69, 9.17) is 14.4 Å². The van der Waals surface area contributed by atoms with Crippen molar-refractivity contribution < 1.29 is 22.8 Å². The van der Waals surface area contributed by atoms with Crippen LogP contribution < -0.4 is 0 Å². The fraction of sp³-hybridized carbons (Fsp3) is 1.00. The van der Waals surface area contributed by atoms with E-state index < -0.39 is 15.6 Å². The molecule has 7 heteroatoms. The van der Waals surface area contributed by atoms with E-state index in [0.29, 0.717) is 0 Å². The molecule has 0 saturated carbocycles. The molecule has 0 aliphatic heterocycles. The van der Waals surface area contributed by atoms with Crippen molar-refractivity contribution in [2.45, 2.75) is 32.6 Å². The molecule has 86 valence electrons. The summed E-state index contributed by atoms with van der Waals surface area (Å²) in [5.74, 6) is 0. The number of aliphatic hydroxyl groups is 1. The molecule has 0 spiro atoms. The molecule has 0 aliphatic rings. The predicted octanol–water partition coefficient (Wildman–Crippen LogP) is -0.271. The third-order valence-corrected chi connectivity index (χ3v) is 2.12. The van der Waals surface area contributed by atoms with Gasteiger partial charge in [0, 0.05) is 13.2 Å². The zero-order valence-electron chi connectivity index (χ0n) is 8.23. The molecule has 0 heterocycles. The van der Waals surface area contributed by atoms with Crippen LogP contribution in [0.1, 0.15) is 27.2 Å². The number of hydrogen-bond donors (Lipinski definition) is 2. The standard InChI is InChI=1S/C4H10O.C3H8O4S.Ca.2H/c1-3-5-4-2;1-2-3(4)8(5,6)7;;;/h3-4H2,1-2H3;3-4H,2H2,1H3,(H,5,6,7);;;. The van der Waals surface area contributed by atoms with Crippen LogP contribution in [0.2, 0.25) is 0 Å². The van der Waals surface area contributed by atoms with Crippen molar-refractivity contribution in [2.75, 3.05) is 13.2 Å². The van der Waals surface area contributed by atoms with Gasteiger partial charge in [0.1, 0.15) is 0 Å². The summed E-state index contributed by atoms with van der Waals surface area (Å²) < 4.78 is 32.6. The van der Waals surface area contributed by atoms with Gasteiger partial charge in [-0.25, -0.2) is 0 Å². The average molecular weight is 256 g/mol. The second-order valence-corrected chi connectivity index (χ2v) is 3.73. The molecule has 1 atom stereocenters. The van der Waals surface area contributed by atoms with Gasteiger partial charge in [-0.1, -0.05) is 6.92 Å². The first-order valence-electron chi connectivity index (χ1n) is 4.12. The Morgan fingerprint density at radius 2 is 1.57 bits per heavy atom. The third kappa shape index (κ3) is 15.6. The molecule has 0 bridgehead atoms. The van der Waals surface area contributed by atoms with E-state index in [0.717, 1.165) is 13.2 Å². The Morgan fingerprint density at radius 1 is 1.21 bits per heavy atom. The Kier molecular flexibility index (Phi) is 17.8. The van der Waals surface area contributed by atoms with E-state index in [9.17, 15) is 8.42 Å². The van der Waals surface area contributed by atoms with E-state index in [-0.39, 0.29) is 44.2 Å². The zero-order chi connectivity index (χ0) is 10.9. The van der Waals surface area contributed by atoms with Crippen LogP contribution in [0.5, 0.6) is 0 Å². The van der Waals surface area contributed by atoms with E-state index in [1.165, 1.54) is 6.92 Å². The van der Waals surface area contributed by atoms with Gasteiger partial charge in [0.2, 0.25) is 0 Å². The van der Waals surface area contributed by atoms with Crippen LogP contribution in [0.25, 0.3) is 0 Å². The molecule has 0 aromatic rings. The summed E-state index contributed by atoms with van der Waals surface area (Å²) in [6.45, 7) is 7.12. The van der Waals surface area contributed by atoms with Gasteiger partial charge < -0.3 is 9.84 Å². The second-order valence-electron chi connectivity index (χ2n) is 2.16. The van der Waals surface area contributed by atoms with Crippen molar-refractivity contribution in [3.8, 4) is 0 Å². The van der Waals surface area contributed by atoms with Gasteiger partial charge in [-0.2, -0.15) is 8.42 Å². The van der Waals surface area contributed by atoms with Crippen molar-refractivity contribution in [3.05, 3.63) is 0 Å². The van der Waals surface area contributed by atoms with Crippen LogP contribution >= 0.6 is 0 Å². The molecule has 5 nitrogen and oxygen atoms in total. The molecular weight excluding hydrogens is 236 g/mol. The van der Waals surface area contributed by atoms with Gasteiger partial charge in [-0.05, 0) is 20.3 Å². The second kappa shape index (κ2) is 12.2. The number of aliphatic hydroxyl groups excluding tert-OH is 1. The fourth-order valence-corrected chi connectivity index (χ4v) is 0.836. The van der Waals surface area contributed by atoms with Gasteiger partial charge in [-0.15, -0.1) is 0 Å². The van der Waals surface area contributed by atoms with E-state index in [1.807, 2.05) is 13.8 Å². The summed E-state index contributed by atoms with van der Waals surface area (Å²) in [6.07, 6.45) is 0.0127. The monoisotopic (exact) mass is 256 g/mol. The van der Waals surface area contributed by atoms with Crippen molar-refractivity contribution in [2.24, 2.45) is 0 Å². The first-order valence-corrected chi connectivity index (χ1v) is 5.62. The Bertz CT molecular complexity index is 190. The van der Waals surface area contributed by atoms with Gasteiger partial charge in [0.25, 0.3) is 10.1 Å². The van der Waals surface area contributed by atoms with E-state index in [2.05, 4.69) is 0 Å². The summed E-state index contributed by atoms with van der Waals surface area (Å²) in [5, 5.41) is 8.36. The molecule has 0 radical (unpaired) electrons. The normalized spacial score (nSPS) is 12.1. The molecule has 14 heavy (non-hydrogen) atoms. The summed E-state index contributed by atoms with van der Waals surface area (Å²) in [6, 6.07) is 0. The number of hydrogen-bond acceptors (Lipinski definition) is 4. The molecule has 0 amide bonds. The minimum atomic E-state index is -4.20. The van der Waals surface area contributed by atoms with Crippen molar-refractivity contribution in [1.82, 2.24) is 0 Å². The Morgan fingerprint density at radius 3 is 1.57 bits per heavy atom. The van der Waals surface area contributed by atoms with E-state index >= 15 is 0 Å². The van der Waals surface area contributed by atoms with Crippen LogP contribution in [-0.2, 0) is 14.9 Å². The van der Waals surface area contributed by atoms with Gasteiger partial charge in [-0.3, -0.25) is 4.55 Å². The van der Waals surface area contributed by atoms with Crippen LogP contribution in [0.3, 0.4) is 0 Å². The molecule has 0 aromatic carbocycles. The molecule has 0 aromatic heterocycles. The first-order chi connectivity index (χ1) is 5.90. The number of rotatable bonds is 4. The molecule has 0 saturated heterocycles. The third-order valence-electron chi connectivity index (χ3n) is 1.10. The molecule has 1 unspecified atom stereocenters. The van der Waals surface area contributed by atoms with Crippen LogP contribution in [0, 0.1) is 0 Å². The van der Waals surface area contributed by atoms with Crippen molar-refractivity contribution in [3.63, 3.8) is 0 Å². The maximum absolute atomic E-state index is 9.87. The summed E-state index contributed by atoms with van der Waals surface area (Å²) in [7, 11) is -4.20. The van der Waals surface area contributed by atoms with Crippen molar-refractivity contribution in [1.29, 1.82) is 0 Å². The minimum absolute atomic E-state index is 0. The van der Waals surface area contributed by atoms with Crippen LogP contribution in [-0.4, -0.2) is 74.5 Å².